The third kappa shape index (κ3) is 4.24. The largest absolute Gasteiger partial charge is 0.350 e. The Morgan fingerprint density at radius 2 is 2.12 bits per heavy atom. The number of amides is 4. The summed E-state index contributed by atoms with van der Waals surface area (Å²) in [7, 11) is 0. The standard InChI is InChI=1S/C16H20N4O3.ClH/c17-13(11-4-5-11)7-18-15(22)12-3-1-2-10(6-12)9-20-14(21)8-19-16(20)23;/h1-3,6,11,13H,4-5,7-9,17H2,(H,18,22)(H,19,23);1H. The van der Waals surface area contributed by atoms with Crippen LogP contribution in [0.4, 0.5) is 4.79 Å². The van der Waals surface area contributed by atoms with E-state index in [-0.39, 0.29) is 43.4 Å². The lowest BCUT2D eigenvalue weighted by Crippen LogP contribution is -2.38. The molecule has 0 aromatic heterocycles. The van der Waals surface area contributed by atoms with E-state index in [0.717, 1.165) is 23.3 Å². The highest BCUT2D eigenvalue weighted by atomic mass is 35.5. The highest BCUT2D eigenvalue weighted by molar-refractivity contribution is 6.02. The van der Waals surface area contributed by atoms with Crippen molar-refractivity contribution in [3.63, 3.8) is 0 Å². The van der Waals surface area contributed by atoms with Crippen molar-refractivity contribution in [2.75, 3.05) is 13.1 Å². The maximum Gasteiger partial charge on any atom is 0.324 e. The monoisotopic (exact) mass is 352 g/mol. The summed E-state index contributed by atoms with van der Waals surface area (Å²) >= 11 is 0. The van der Waals surface area contributed by atoms with Gasteiger partial charge in [-0.3, -0.25) is 14.5 Å². The molecular formula is C16H21ClN4O3. The summed E-state index contributed by atoms with van der Waals surface area (Å²) in [5.41, 5.74) is 7.20. The number of imide groups is 1. The normalized spacial score (nSPS) is 18.0. The van der Waals surface area contributed by atoms with Crippen LogP contribution in [-0.2, 0) is 11.3 Å². The third-order valence-electron chi connectivity index (χ3n) is 4.19. The molecule has 1 saturated heterocycles. The fourth-order valence-corrected chi connectivity index (χ4v) is 2.61. The van der Waals surface area contributed by atoms with Gasteiger partial charge in [0.05, 0.1) is 13.1 Å². The minimum absolute atomic E-state index is 0. The van der Waals surface area contributed by atoms with Gasteiger partial charge in [-0.25, -0.2) is 4.79 Å². The Morgan fingerprint density at radius 3 is 2.75 bits per heavy atom. The van der Waals surface area contributed by atoms with E-state index in [1.165, 1.54) is 0 Å². The number of nitrogens with two attached hydrogens (primary N) is 1. The zero-order valence-corrected chi connectivity index (χ0v) is 14.0. The predicted molar refractivity (Wildman–Crippen MR) is 90.7 cm³/mol. The van der Waals surface area contributed by atoms with Crippen molar-refractivity contribution in [1.82, 2.24) is 15.5 Å². The van der Waals surface area contributed by atoms with Gasteiger partial charge in [0, 0.05) is 18.2 Å². The second-order valence-electron chi connectivity index (χ2n) is 6.05. The van der Waals surface area contributed by atoms with Crippen LogP contribution in [0.25, 0.3) is 0 Å². The molecule has 0 bridgehead atoms. The molecular weight excluding hydrogens is 332 g/mol. The zero-order chi connectivity index (χ0) is 16.4. The molecule has 0 spiro atoms. The van der Waals surface area contributed by atoms with Crippen LogP contribution in [0.5, 0.6) is 0 Å². The van der Waals surface area contributed by atoms with Crippen LogP contribution in [0.15, 0.2) is 24.3 Å². The van der Waals surface area contributed by atoms with Gasteiger partial charge in [0.25, 0.3) is 5.91 Å². The molecule has 1 heterocycles. The minimum Gasteiger partial charge on any atom is -0.350 e. The molecule has 1 saturated carbocycles. The summed E-state index contributed by atoms with van der Waals surface area (Å²) in [4.78, 5) is 36.5. The maximum atomic E-state index is 12.2. The van der Waals surface area contributed by atoms with Crippen molar-refractivity contribution in [1.29, 1.82) is 0 Å². The molecule has 0 radical (unpaired) electrons. The van der Waals surface area contributed by atoms with Gasteiger partial charge in [-0.2, -0.15) is 0 Å². The number of urea groups is 1. The van der Waals surface area contributed by atoms with Crippen LogP contribution in [0.3, 0.4) is 0 Å². The van der Waals surface area contributed by atoms with Crippen molar-refractivity contribution in [2.24, 2.45) is 11.7 Å². The number of carbonyl (C=O) groups is 3. The lowest BCUT2D eigenvalue weighted by atomic mass is 10.1. The molecule has 1 aromatic carbocycles. The highest BCUT2D eigenvalue weighted by Gasteiger charge is 2.29. The van der Waals surface area contributed by atoms with Crippen LogP contribution in [-0.4, -0.2) is 41.9 Å². The molecule has 1 atom stereocenters. The summed E-state index contributed by atoms with van der Waals surface area (Å²) < 4.78 is 0. The first kappa shape index (κ1) is 18.2. The Labute approximate surface area is 146 Å². The number of hydrogen-bond donors (Lipinski definition) is 3. The van der Waals surface area contributed by atoms with E-state index in [0.29, 0.717) is 18.0 Å². The Balaban J connectivity index is 0.00000208. The minimum atomic E-state index is -0.403. The van der Waals surface area contributed by atoms with Gasteiger partial charge in [-0.15, -0.1) is 12.4 Å². The lowest BCUT2D eigenvalue weighted by Gasteiger charge is -2.14. The Kier molecular flexibility index (Phi) is 5.80. The van der Waals surface area contributed by atoms with E-state index in [1.807, 2.05) is 0 Å². The van der Waals surface area contributed by atoms with Gasteiger partial charge in [-0.1, -0.05) is 12.1 Å². The van der Waals surface area contributed by atoms with E-state index >= 15 is 0 Å². The average molecular weight is 353 g/mol. The number of benzene rings is 1. The van der Waals surface area contributed by atoms with E-state index in [1.54, 1.807) is 24.3 Å². The van der Waals surface area contributed by atoms with Crippen molar-refractivity contribution < 1.29 is 14.4 Å². The molecule has 130 valence electrons. The lowest BCUT2D eigenvalue weighted by molar-refractivity contribution is -0.125. The Morgan fingerprint density at radius 1 is 1.38 bits per heavy atom. The second-order valence-corrected chi connectivity index (χ2v) is 6.05. The second kappa shape index (κ2) is 7.63. The summed E-state index contributed by atoms with van der Waals surface area (Å²) in [6.07, 6.45) is 2.27. The number of hydrogen-bond acceptors (Lipinski definition) is 4. The molecule has 8 heteroatoms. The van der Waals surface area contributed by atoms with Gasteiger partial charge in [0.15, 0.2) is 0 Å². The molecule has 24 heavy (non-hydrogen) atoms. The summed E-state index contributed by atoms with van der Waals surface area (Å²) in [5, 5.41) is 5.31. The summed E-state index contributed by atoms with van der Waals surface area (Å²) in [6.45, 7) is 0.645. The molecule has 1 aliphatic carbocycles. The molecule has 1 aliphatic heterocycles. The highest BCUT2D eigenvalue weighted by Crippen LogP contribution is 2.31. The topological polar surface area (TPSA) is 105 Å². The number of nitrogens with zero attached hydrogens (tertiary/aromatic N) is 1. The average Bonchev–Trinajstić information content (AvgIpc) is 3.35. The van der Waals surface area contributed by atoms with Crippen LogP contribution in [0.1, 0.15) is 28.8 Å². The molecule has 2 aliphatic rings. The number of nitrogens with one attached hydrogen (secondary N) is 2. The van der Waals surface area contributed by atoms with Gasteiger partial charge in [0.1, 0.15) is 0 Å². The first-order valence-electron chi connectivity index (χ1n) is 7.75. The van der Waals surface area contributed by atoms with Gasteiger partial charge in [-0.05, 0) is 36.5 Å². The predicted octanol–water partition coefficient (Wildman–Crippen LogP) is 0.627. The third-order valence-corrected chi connectivity index (χ3v) is 4.19. The summed E-state index contributed by atoms with van der Waals surface area (Å²) in [5.74, 6) is 0.0711. The van der Waals surface area contributed by atoms with Crippen molar-refractivity contribution in [3.05, 3.63) is 35.4 Å². The van der Waals surface area contributed by atoms with Crippen LogP contribution >= 0.6 is 12.4 Å². The quantitative estimate of drug-likeness (QED) is 0.653. The van der Waals surface area contributed by atoms with E-state index < -0.39 is 6.03 Å². The fourth-order valence-electron chi connectivity index (χ4n) is 2.61. The molecule has 1 aromatic rings. The molecule has 3 rings (SSSR count). The Bertz CT molecular complexity index is 632. The molecule has 7 nitrogen and oxygen atoms in total. The van der Waals surface area contributed by atoms with Crippen molar-refractivity contribution in [3.8, 4) is 0 Å². The first-order valence-corrected chi connectivity index (χ1v) is 7.75. The summed E-state index contributed by atoms with van der Waals surface area (Å²) in [6, 6.07) is 6.52. The van der Waals surface area contributed by atoms with Crippen molar-refractivity contribution >= 4 is 30.3 Å². The fraction of sp³-hybridized carbons (Fsp3) is 0.438. The van der Waals surface area contributed by atoms with Crippen LogP contribution in [0, 0.1) is 5.92 Å². The first-order chi connectivity index (χ1) is 11.0. The van der Waals surface area contributed by atoms with Gasteiger partial charge < -0.3 is 16.4 Å². The van der Waals surface area contributed by atoms with E-state index in [2.05, 4.69) is 10.6 Å². The van der Waals surface area contributed by atoms with Crippen LogP contribution in [0.2, 0.25) is 0 Å². The Hall–Kier alpha value is -2.12. The van der Waals surface area contributed by atoms with Gasteiger partial charge >= 0.3 is 6.03 Å². The van der Waals surface area contributed by atoms with E-state index in [4.69, 9.17) is 5.73 Å². The number of rotatable bonds is 6. The molecule has 4 N–H and O–H groups in total. The van der Waals surface area contributed by atoms with Crippen molar-refractivity contribution in [2.45, 2.75) is 25.4 Å². The smallest absolute Gasteiger partial charge is 0.324 e. The number of halogens is 1. The van der Waals surface area contributed by atoms with E-state index in [9.17, 15) is 14.4 Å². The molecule has 4 amide bonds. The molecule has 2 fully saturated rings. The maximum absolute atomic E-state index is 12.2. The van der Waals surface area contributed by atoms with Crippen LogP contribution < -0.4 is 16.4 Å². The van der Waals surface area contributed by atoms with Gasteiger partial charge in [0.2, 0.25) is 5.91 Å². The molecule has 1 unspecified atom stereocenters. The zero-order valence-electron chi connectivity index (χ0n) is 13.2. The SMILES string of the molecule is Cl.NC(CNC(=O)c1cccc(CN2C(=O)CNC2=O)c1)C1CC1. The number of carbonyl (C=O) groups excluding carboxylic acids is 3.